The van der Waals surface area contributed by atoms with E-state index in [9.17, 15) is 9.59 Å². The Morgan fingerprint density at radius 3 is 2.70 bits per heavy atom. The first-order chi connectivity index (χ1) is 9.57. The van der Waals surface area contributed by atoms with Crippen molar-refractivity contribution in [1.29, 1.82) is 0 Å². The van der Waals surface area contributed by atoms with Gasteiger partial charge in [-0.3, -0.25) is 9.36 Å². The molecule has 0 aliphatic heterocycles. The van der Waals surface area contributed by atoms with Crippen molar-refractivity contribution < 1.29 is 9.21 Å². The SMILES string of the molecule is CCC1(C(=O)c2ccc3c(c2)oc(=O)n3C)CCCC1. The van der Waals surface area contributed by atoms with Gasteiger partial charge in [0.05, 0.1) is 5.52 Å². The molecule has 0 bridgehead atoms. The van der Waals surface area contributed by atoms with Gasteiger partial charge in [-0.05, 0) is 37.5 Å². The zero-order valence-corrected chi connectivity index (χ0v) is 11.9. The van der Waals surface area contributed by atoms with Crippen LogP contribution in [0.3, 0.4) is 0 Å². The lowest BCUT2D eigenvalue weighted by Crippen LogP contribution is -2.27. The summed E-state index contributed by atoms with van der Waals surface area (Å²) in [5.41, 5.74) is 1.68. The molecule has 106 valence electrons. The van der Waals surface area contributed by atoms with Gasteiger partial charge in [-0.2, -0.15) is 0 Å². The summed E-state index contributed by atoms with van der Waals surface area (Å²) in [5, 5.41) is 0. The minimum Gasteiger partial charge on any atom is -0.408 e. The normalized spacial score (nSPS) is 17.7. The summed E-state index contributed by atoms with van der Waals surface area (Å²) in [7, 11) is 1.67. The fourth-order valence-electron chi connectivity index (χ4n) is 3.37. The molecule has 1 aliphatic rings. The summed E-state index contributed by atoms with van der Waals surface area (Å²) in [6, 6.07) is 5.33. The average molecular weight is 273 g/mol. The summed E-state index contributed by atoms with van der Waals surface area (Å²) < 4.78 is 6.63. The van der Waals surface area contributed by atoms with Gasteiger partial charge in [-0.1, -0.05) is 19.8 Å². The average Bonchev–Trinajstić information content (AvgIpc) is 3.05. The summed E-state index contributed by atoms with van der Waals surface area (Å²) in [6.45, 7) is 2.09. The molecule has 3 rings (SSSR count). The van der Waals surface area contributed by atoms with Crippen LogP contribution in [0, 0.1) is 5.41 Å². The van der Waals surface area contributed by atoms with Gasteiger partial charge in [0.25, 0.3) is 0 Å². The number of rotatable bonds is 3. The molecule has 0 saturated heterocycles. The van der Waals surface area contributed by atoms with Gasteiger partial charge < -0.3 is 4.42 Å². The maximum atomic E-state index is 12.8. The second-order valence-corrected chi connectivity index (χ2v) is 5.78. The lowest BCUT2D eigenvalue weighted by atomic mass is 9.76. The molecular weight excluding hydrogens is 254 g/mol. The highest BCUT2D eigenvalue weighted by molar-refractivity contribution is 6.02. The number of benzene rings is 1. The topological polar surface area (TPSA) is 52.2 Å². The molecule has 4 nitrogen and oxygen atoms in total. The van der Waals surface area contributed by atoms with Crippen LogP contribution in [0.2, 0.25) is 0 Å². The lowest BCUT2D eigenvalue weighted by molar-refractivity contribution is 0.0791. The van der Waals surface area contributed by atoms with Crippen LogP contribution in [0.25, 0.3) is 11.1 Å². The van der Waals surface area contributed by atoms with Crippen LogP contribution >= 0.6 is 0 Å². The Morgan fingerprint density at radius 1 is 1.35 bits per heavy atom. The number of hydrogen-bond acceptors (Lipinski definition) is 3. The van der Waals surface area contributed by atoms with Gasteiger partial charge in [0, 0.05) is 18.0 Å². The molecule has 1 saturated carbocycles. The summed E-state index contributed by atoms with van der Waals surface area (Å²) in [5.74, 6) is -0.193. The first-order valence-corrected chi connectivity index (χ1v) is 7.22. The fourth-order valence-corrected chi connectivity index (χ4v) is 3.37. The number of fused-ring (bicyclic) bond motifs is 1. The Bertz CT molecular complexity index is 717. The highest BCUT2D eigenvalue weighted by atomic mass is 16.4. The van der Waals surface area contributed by atoms with Gasteiger partial charge >= 0.3 is 5.76 Å². The molecule has 2 aromatic rings. The first kappa shape index (κ1) is 13.2. The second kappa shape index (κ2) is 4.62. The Kier molecular flexibility index (Phi) is 3.04. The van der Waals surface area contributed by atoms with Crippen LogP contribution in [0.1, 0.15) is 49.4 Å². The Hall–Kier alpha value is -1.84. The van der Waals surface area contributed by atoms with E-state index >= 15 is 0 Å². The van der Waals surface area contributed by atoms with E-state index in [0.717, 1.165) is 37.6 Å². The number of Topliss-reactive ketones (excluding diaryl/α,β-unsaturated/α-hetero) is 1. The molecule has 1 aromatic carbocycles. The quantitative estimate of drug-likeness (QED) is 0.806. The molecule has 1 aromatic heterocycles. The monoisotopic (exact) mass is 273 g/mol. The standard InChI is InChI=1S/C16H19NO3/c1-3-16(8-4-5-9-16)14(18)11-6-7-12-13(10-11)20-15(19)17(12)2/h6-7,10H,3-5,8-9H2,1-2H3. The smallest absolute Gasteiger partial charge is 0.408 e. The number of aryl methyl sites for hydroxylation is 1. The van der Waals surface area contributed by atoms with Crippen molar-refractivity contribution >= 4 is 16.9 Å². The van der Waals surface area contributed by atoms with Crippen molar-refractivity contribution in [3.05, 3.63) is 34.3 Å². The zero-order valence-electron chi connectivity index (χ0n) is 11.9. The second-order valence-electron chi connectivity index (χ2n) is 5.78. The van der Waals surface area contributed by atoms with Crippen molar-refractivity contribution in [1.82, 2.24) is 4.57 Å². The Morgan fingerprint density at radius 2 is 2.05 bits per heavy atom. The summed E-state index contributed by atoms with van der Waals surface area (Å²) >= 11 is 0. The van der Waals surface area contributed by atoms with Crippen LogP contribution in [0.15, 0.2) is 27.4 Å². The third-order valence-electron chi connectivity index (χ3n) is 4.77. The molecule has 1 fully saturated rings. The van der Waals surface area contributed by atoms with E-state index in [4.69, 9.17) is 4.42 Å². The molecule has 1 aliphatic carbocycles. The lowest BCUT2D eigenvalue weighted by Gasteiger charge is -2.25. The first-order valence-electron chi connectivity index (χ1n) is 7.22. The summed E-state index contributed by atoms with van der Waals surface area (Å²) in [4.78, 5) is 24.3. The van der Waals surface area contributed by atoms with Gasteiger partial charge in [0.15, 0.2) is 11.4 Å². The molecule has 4 heteroatoms. The van der Waals surface area contributed by atoms with Crippen LogP contribution in [-0.4, -0.2) is 10.4 Å². The van der Waals surface area contributed by atoms with Crippen molar-refractivity contribution in [2.75, 3.05) is 0 Å². The van der Waals surface area contributed by atoms with E-state index < -0.39 is 5.76 Å². The predicted molar refractivity (Wildman–Crippen MR) is 77.0 cm³/mol. The predicted octanol–water partition coefficient (Wildman–Crippen LogP) is 3.28. The van der Waals surface area contributed by atoms with E-state index in [0.29, 0.717) is 11.1 Å². The molecular formula is C16H19NO3. The van der Waals surface area contributed by atoms with Gasteiger partial charge in [-0.25, -0.2) is 4.79 Å². The third-order valence-corrected chi connectivity index (χ3v) is 4.77. The van der Waals surface area contributed by atoms with Crippen LogP contribution in [-0.2, 0) is 7.05 Å². The molecule has 0 amide bonds. The minimum atomic E-state index is -0.393. The maximum absolute atomic E-state index is 12.8. The van der Waals surface area contributed by atoms with Crippen molar-refractivity contribution in [2.45, 2.75) is 39.0 Å². The zero-order chi connectivity index (χ0) is 14.3. The number of hydrogen-bond donors (Lipinski definition) is 0. The van der Waals surface area contributed by atoms with Gasteiger partial charge in [-0.15, -0.1) is 0 Å². The number of carbonyl (C=O) groups is 1. The fraction of sp³-hybridized carbons (Fsp3) is 0.500. The number of carbonyl (C=O) groups excluding carboxylic acids is 1. The van der Waals surface area contributed by atoms with Crippen molar-refractivity contribution in [3.8, 4) is 0 Å². The Labute approximate surface area is 117 Å². The third kappa shape index (κ3) is 1.82. The maximum Gasteiger partial charge on any atom is 0.419 e. The van der Waals surface area contributed by atoms with Crippen LogP contribution in [0.4, 0.5) is 0 Å². The van der Waals surface area contributed by atoms with Crippen LogP contribution < -0.4 is 5.76 Å². The largest absolute Gasteiger partial charge is 0.419 e. The number of aromatic nitrogens is 1. The van der Waals surface area contributed by atoms with E-state index in [-0.39, 0.29) is 11.2 Å². The number of oxazole rings is 1. The highest BCUT2D eigenvalue weighted by Crippen LogP contribution is 2.43. The van der Waals surface area contributed by atoms with Gasteiger partial charge in [0.1, 0.15) is 0 Å². The van der Waals surface area contributed by atoms with Gasteiger partial charge in [0.2, 0.25) is 0 Å². The number of ketones is 1. The molecule has 20 heavy (non-hydrogen) atoms. The molecule has 0 spiro atoms. The highest BCUT2D eigenvalue weighted by Gasteiger charge is 2.39. The molecule has 0 N–H and O–H groups in total. The molecule has 0 unspecified atom stereocenters. The van der Waals surface area contributed by atoms with E-state index in [1.165, 1.54) is 4.57 Å². The number of nitrogens with zero attached hydrogens (tertiary/aromatic N) is 1. The molecule has 0 atom stereocenters. The Balaban J connectivity index is 2.06. The summed E-state index contributed by atoms with van der Waals surface area (Å²) in [6.07, 6.45) is 5.07. The molecule has 1 heterocycles. The van der Waals surface area contributed by atoms with Crippen molar-refractivity contribution in [2.24, 2.45) is 12.5 Å². The molecule has 0 radical (unpaired) electrons. The van der Waals surface area contributed by atoms with Crippen molar-refractivity contribution in [3.63, 3.8) is 0 Å². The van der Waals surface area contributed by atoms with Crippen LogP contribution in [0.5, 0.6) is 0 Å². The van der Waals surface area contributed by atoms with E-state index in [1.54, 1.807) is 19.2 Å². The van der Waals surface area contributed by atoms with E-state index in [1.807, 2.05) is 6.07 Å². The minimum absolute atomic E-state index is 0.200. The van der Waals surface area contributed by atoms with E-state index in [2.05, 4.69) is 6.92 Å².